The molecule has 2 aromatic rings. The molecule has 3 fully saturated rings. The van der Waals surface area contributed by atoms with Crippen molar-refractivity contribution in [3.63, 3.8) is 0 Å². The molecule has 3 atom stereocenters. The number of aryl methyl sites for hydroxylation is 1. The highest BCUT2D eigenvalue weighted by Crippen LogP contribution is 2.30. The molecule has 5 rings (SSSR count). The van der Waals surface area contributed by atoms with E-state index in [9.17, 15) is 14.4 Å². The van der Waals surface area contributed by atoms with Gasteiger partial charge in [0.1, 0.15) is 0 Å². The minimum absolute atomic E-state index is 0.108. The first-order valence-electron chi connectivity index (χ1n) is 16.7. The van der Waals surface area contributed by atoms with Gasteiger partial charge in [-0.15, -0.1) is 11.3 Å². The Balaban J connectivity index is 1.29. The molecule has 0 radical (unpaired) electrons. The molecule has 1 aliphatic heterocycles. The molecule has 240 valence electrons. The smallest absolute Gasteiger partial charge is 0.280 e. The molecule has 3 aliphatic rings. The molecular formula is C34H50N6O3S. The van der Waals surface area contributed by atoms with E-state index in [1.54, 1.807) is 6.20 Å². The van der Waals surface area contributed by atoms with Crippen molar-refractivity contribution in [2.75, 3.05) is 13.1 Å². The fraction of sp³-hybridized carbons (Fsp3) is 0.647. The molecule has 1 saturated heterocycles. The van der Waals surface area contributed by atoms with E-state index in [0.29, 0.717) is 43.0 Å². The van der Waals surface area contributed by atoms with Gasteiger partial charge in [0.2, 0.25) is 11.8 Å². The molecule has 10 heteroatoms. The number of likely N-dealkylation sites (tertiary alicyclic amines) is 1. The number of nitrogens with one attached hydrogen (secondary N) is 3. The van der Waals surface area contributed by atoms with Crippen molar-refractivity contribution in [2.24, 2.45) is 17.6 Å². The largest absolute Gasteiger partial charge is 0.352 e. The quantitative estimate of drug-likeness (QED) is 0.293. The van der Waals surface area contributed by atoms with Crippen LogP contribution in [0.4, 0.5) is 0 Å². The van der Waals surface area contributed by atoms with Crippen molar-refractivity contribution in [3.05, 3.63) is 51.5 Å². The second-order valence-electron chi connectivity index (χ2n) is 13.1. The number of aromatic nitrogens is 1. The molecule has 1 aromatic carbocycles. The van der Waals surface area contributed by atoms with Crippen LogP contribution in [0.3, 0.4) is 0 Å². The Labute approximate surface area is 266 Å². The zero-order valence-electron chi connectivity index (χ0n) is 26.2. The van der Waals surface area contributed by atoms with Crippen LogP contribution in [0, 0.1) is 18.8 Å². The molecule has 2 aliphatic carbocycles. The normalized spacial score (nSPS) is 22.4. The van der Waals surface area contributed by atoms with Gasteiger partial charge in [-0.3, -0.25) is 14.4 Å². The van der Waals surface area contributed by atoms with Gasteiger partial charge >= 0.3 is 0 Å². The van der Waals surface area contributed by atoms with E-state index < -0.39 is 12.0 Å². The minimum Gasteiger partial charge on any atom is -0.352 e. The molecule has 1 aromatic heterocycles. The minimum atomic E-state index is -0.564. The van der Waals surface area contributed by atoms with Crippen LogP contribution in [0.2, 0.25) is 0 Å². The molecule has 3 amide bonds. The maximum absolute atomic E-state index is 14.2. The summed E-state index contributed by atoms with van der Waals surface area (Å²) in [5, 5.41) is 10.4. The second-order valence-corrected chi connectivity index (χ2v) is 14.3. The third kappa shape index (κ3) is 8.88. The predicted octanol–water partition coefficient (Wildman–Crippen LogP) is 4.43. The molecule has 9 nitrogen and oxygen atoms in total. The Kier molecular flexibility index (Phi) is 11.8. The zero-order chi connectivity index (χ0) is 30.9. The fourth-order valence-corrected chi connectivity index (χ4v) is 7.83. The molecule has 3 unspecified atom stereocenters. The highest BCUT2D eigenvalue weighted by Gasteiger charge is 2.39. The number of nitrogens with zero attached hydrogens (tertiary/aromatic N) is 2. The van der Waals surface area contributed by atoms with Gasteiger partial charge in [0.25, 0.3) is 5.91 Å². The number of piperidine rings is 1. The van der Waals surface area contributed by atoms with Crippen molar-refractivity contribution in [1.82, 2.24) is 25.8 Å². The Hall–Kier alpha value is -2.82. The van der Waals surface area contributed by atoms with E-state index in [2.05, 4.69) is 20.9 Å². The first-order valence-corrected chi connectivity index (χ1v) is 17.5. The number of carbonyl (C=O) groups excluding carboxylic acids is 3. The van der Waals surface area contributed by atoms with Crippen molar-refractivity contribution < 1.29 is 14.4 Å². The van der Waals surface area contributed by atoms with Gasteiger partial charge in [-0.05, 0) is 49.7 Å². The van der Waals surface area contributed by atoms with Gasteiger partial charge in [0, 0.05) is 49.3 Å². The number of thiazole rings is 1. The Bertz CT molecular complexity index is 1220. The van der Waals surface area contributed by atoms with Gasteiger partial charge < -0.3 is 26.6 Å². The first-order chi connectivity index (χ1) is 21.4. The number of amides is 3. The molecule has 5 N–H and O–H groups in total. The SMILES string of the molecule is Cc1cnc(C(=O)NC2CCN(C(=O)C(CC3CCCCC3)NC3CCCCC3)CC2C(=O)NCc2ccc(CN)cc2)s1. The van der Waals surface area contributed by atoms with Gasteiger partial charge in [-0.1, -0.05) is 75.6 Å². The monoisotopic (exact) mass is 622 g/mol. The van der Waals surface area contributed by atoms with Crippen LogP contribution in [0.1, 0.15) is 103 Å². The average molecular weight is 623 g/mol. The van der Waals surface area contributed by atoms with E-state index in [1.165, 1.54) is 62.7 Å². The number of benzene rings is 1. The summed E-state index contributed by atoms with van der Waals surface area (Å²) in [6.45, 7) is 3.55. The Morgan fingerprint density at radius 1 is 0.977 bits per heavy atom. The topological polar surface area (TPSA) is 129 Å². The van der Waals surface area contributed by atoms with Crippen molar-refractivity contribution in [3.8, 4) is 0 Å². The fourth-order valence-electron chi connectivity index (χ4n) is 7.16. The maximum Gasteiger partial charge on any atom is 0.280 e. The van der Waals surface area contributed by atoms with Crippen molar-refractivity contribution in [2.45, 2.75) is 115 Å². The lowest BCUT2D eigenvalue weighted by atomic mass is 9.83. The average Bonchev–Trinajstić information content (AvgIpc) is 3.50. The van der Waals surface area contributed by atoms with Gasteiger partial charge in [-0.25, -0.2) is 4.98 Å². The van der Waals surface area contributed by atoms with Crippen LogP contribution < -0.4 is 21.7 Å². The lowest BCUT2D eigenvalue weighted by Crippen LogP contribution is -2.60. The second kappa shape index (κ2) is 16.0. The third-order valence-electron chi connectivity index (χ3n) is 9.75. The standard InChI is InChI=1S/C34H50N6O3S/c1-23-20-37-33(44-23)32(42)39-29-16-17-40(22-28(29)31(41)36-21-26-14-12-25(19-35)13-15-26)34(43)30(18-24-8-4-2-5-9-24)38-27-10-6-3-7-11-27/h12-15,20,24,27-30,38H,2-11,16-19,21-22,35H2,1H3,(H,36,41)(H,39,42). The molecule has 2 heterocycles. The number of nitrogens with two attached hydrogens (primary N) is 1. The highest BCUT2D eigenvalue weighted by molar-refractivity contribution is 7.13. The van der Waals surface area contributed by atoms with E-state index in [-0.39, 0.29) is 30.3 Å². The summed E-state index contributed by atoms with van der Waals surface area (Å²) in [6, 6.07) is 7.63. The number of rotatable bonds is 11. The van der Waals surface area contributed by atoms with Crippen molar-refractivity contribution in [1.29, 1.82) is 0 Å². The summed E-state index contributed by atoms with van der Waals surface area (Å²) in [4.78, 5) is 48.2. The van der Waals surface area contributed by atoms with E-state index in [4.69, 9.17) is 5.73 Å². The Morgan fingerprint density at radius 3 is 2.32 bits per heavy atom. The molecule has 0 spiro atoms. The van der Waals surface area contributed by atoms with E-state index in [1.807, 2.05) is 36.1 Å². The molecule has 2 saturated carbocycles. The van der Waals surface area contributed by atoms with Crippen LogP contribution in [0.15, 0.2) is 30.5 Å². The first kappa shape index (κ1) is 32.6. The summed E-state index contributed by atoms with van der Waals surface area (Å²) >= 11 is 1.34. The van der Waals surface area contributed by atoms with Crippen LogP contribution in [-0.2, 0) is 22.7 Å². The highest BCUT2D eigenvalue weighted by atomic mass is 32.1. The molecular weight excluding hydrogens is 572 g/mol. The lowest BCUT2D eigenvalue weighted by molar-refractivity contribution is -0.139. The zero-order valence-corrected chi connectivity index (χ0v) is 27.0. The number of carbonyl (C=O) groups is 3. The molecule has 44 heavy (non-hydrogen) atoms. The van der Waals surface area contributed by atoms with Crippen molar-refractivity contribution >= 4 is 29.1 Å². The number of hydrogen-bond acceptors (Lipinski definition) is 7. The lowest BCUT2D eigenvalue weighted by Gasteiger charge is -2.40. The van der Waals surface area contributed by atoms with E-state index >= 15 is 0 Å². The maximum atomic E-state index is 14.2. The van der Waals surface area contributed by atoms with Gasteiger partial charge in [0.15, 0.2) is 5.01 Å². The third-order valence-corrected chi connectivity index (χ3v) is 10.7. The van der Waals surface area contributed by atoms with Crippen LogP contribution >= 0.6 is 11.3 Å². The summed E-state index contributed by atoms with van der Waals surface area (Å²) < 4.78 is 0. The molecule has 0 bridgehead atoms. The van der Waals surface area contributed by atoms with Crippen LogP contribution in [0.25, 0.3) is 0 Å². The summed E-state index contributed by atoms with van der Waals surface area (Å²) in [5.74, 6) is -0.313. The summed E-state index contributed by atoms with van der Waals surface area (Å²) in [6.07, 6.45) is 15.2. The van der Waals surface area contributed by atoms with Gasteiger partial charge in [0.05, 0.1) is 12.0 Å². The van der Waals surface area contributed by atoms with Crippen LogP contribution in [-0.4, -0.2) is 58.8 Å². The summed E-state index contributed by atoms with van der Waals surface area (Å²) in [7, 11) is 0. The Morgan fingerprint density at radius 2 is 1.66 bits per heavy atom. The number of hydrogen-bond donors (Lipinski definition) is 4. The van der Waals surface area contributed by atoms with Crippen LogP contribution in [0.5, 0.6) is 0 Å². The van der Waals surface area contributed by atoms with E-state index in [0.717, 1.165) is 35.3 Å². The predicted molar refractivity (Wildman–Crippen MR) is 174 cm³/mol. The summed E-state index contributed by atoms with van der Waals surface area (Å²) in [5.41, 5.74) is 7.74. The van der Waals surface area contributed by atoms with Gasteiger partial charge in [-0.2, -0.15) is 0 Å².